The maximum absolute atomic E-state index is 13.0. The predicted octanol–water partition coefficient (Wildman–Crippen LogP) is 4.19. The van der Waals surface area contributed by atoms with Crippen LogP contribution in [0.5, 0.6) is 0 Å². The van der Waals surface area contributed by atoms with Gasteiger partial charge in [0, 0.05) is 18.8 Å². The molecule has 6 heteroatoms. The van der Waals surface area contributed by atoms with Gasteiger partial charge in [-0.15, -0.1) is 0 Å². The van der Waals surface area contributed by atoms with Gasteiger partial charge in [-0.05, 0) is 79.4 Å². The third-order valence-electron chi connectivity index (χ3n) is 9.79. The minimum Gasteiger partial charge on any atom is -0.481 e. The molecule has 0 aromatic heterocycles. The molecular formula is C25H36O6. The van der Waals surface area contributed by atoms with Crippen LogP contribution in [0, 0.1) is 40.4 Å². The number of ketones is 2. The number of hydrogen-bond acceptors (Lipinski definition) is 5. The normalized spacial score (nSPS) is 41.6. The van der Waals surface area contributed by atoms with Crippen LogP contribution in [0.15, 0.2) is 0 Å². The highest BCUT2D eigenvalue weighted by Gasteiger charge is 2.61. The largest absolute Gasteiger partial charge is 0.481 e. The SMILES string of the molecule is C[C@@]12CCC(=O)C[C@@H]1CC[C@H]1[C@H]2CC[C@]2(C)[C@@H]1CC[C@H]2C(=O)COC(=O)CCC(=O)O. The highest BCUT2D eigenvalue weighted by atomic mass is 16.5. The summed E-state index contributed by atoms with van der Waals surface area (Å²) < 4.78 is 5.11. The van der Waals surface area contributed by atoms with Gasteiger partial charge in [-0.3, -0.25) is 19.2 Å². The molecule has 0 aromatic rings. The lowest BCUT2D eigenvalue weighted by Crippen LogP contribution is -2.54. The van der Waals surface area contributed by atoms with Crippen molar-refractivity contribution in [2.24, 2.45) is 40.4 Å². The molecule has 0 unspecified atom stereocenters. The molecule has 172 valence electrons. The van der Waals surface area contributed by atoms with Crippen molar-refractivity contribution < 1.29 is 29.0 Å². The van der Waals surface area contributed by atoms with E-state index in [1.165, 1.54) is 6.42 Å². The Kier molecular flexibility index (Phi) is 6.04. The Labute approximate surface area is 184 Å². The molecule has 0 saturated heterocycles. The number of carbonyl (C=O) groups excluding carboxylic acids is 3. The number of carbonyl (C=O) groups is 4. The number of hydrogen-bond donors (Lipinski definition) is 1. The molecular weight excluding hydrogens is 396 g/mol. The highest BCUT2D eigenvalue weighted by molar-refractivity contribution is 5.86. The number of aliphatic carboxylic acids is 1. The first-order valence-electron chi connectivity index (χ1n) is 12.1. The molecule has 0 radical (unpaired) electrons. The van der Waals surface area contributed by atoms with Crippen LogP contribution in [0.4, 0.5) is 0 Å². The summed E-state index contributed by atoms with van der Waals surface area (Å²) in [5.41, 5.74) is 0.222. The van der Waals surface area contributed by atoms with Gasteiger partial charge < -0.3 is 9.84 Å². The number of carboxylic acid groups (broad SMARTS) is 1. The third-order valence-corrected chi connectivity index (χ3v) is 9.79. The van der Waals surface area contributed by atoms with Gasteiger partial charge in [-0.25, -0.2) is 0 Å². The molecule has 4 saturated carbocycles. The topological polar surface area (TPSA) is 97.7 Å². The van der Waals surface area contributed by atoms with Crippen molar-refractivity contribution in [2.75, 3.05) is 6.61 Å². The van der Waals surface area contributed by atoms with Crippen LogP contribution >= 0.6 is 0 Å². The molecule has 0 bridgehead atoms. The molecule has 4 aliphatic carbocycles. The average Bonchev–Trinajstić information content (AvgIpc) is 3.08. The van der Waals surface area contributed by atoms with E-state index in [-0.39, 0.29) is 42.0 Å². The Balaban J connectivity index is 1.41. The second-order valence-corrected chi connectivity index (χ2v) is 11.1. The lowest BCUT2D eigenvalue weighted by atomic mass is 9.44. The van der Waals surface area contributed by atoms with Gasteiger partial charge in [0.05, 0.1) is 12.8 Å². The van der Waals surface area contributed by atoms with Crippen LogP contribution < -0.4 is 0 Å². The first-order valence-corrected chi connectivity index (χ1v) is 12.1. The first kappa shape index (κ1) is 22.5. The Hall–Kier alpha value is -1.72. The Morgan fingerprint density at radius 1 is 0.968 bits per heavy atom. The van der Waals surface area contributed by atoms with Crippen molar-refractivity contribution in [3.8, 4) is 0 Å². The van der Waals surface area contributed by atoms with E-state index >= 15 is 0 Å². The Morgan fingerprint density at radius 3 is 2.45 bits per heavy atom. The summed E-state index contributed by atoms with van der Waals surface area (Å²) in [5.74, 6) is 1.03. The Bertz CT molecular complexity index is 774. The van der Waals surface area contributed by atoms with E-state index in [1.807, 2.05) is 0 Å². The van der Waals surface area contributed by atoms with Crippen molar-refractivity contribution in [3.63, 3.8) is 0 Å². The van der Waals surface area contributed by atoms with Crippen LogP contribution in [-0.4, -0.2) is 35.2 Å². The van der Waals surface area contributed by atoms with Gasteiger partial charge >= 0.3 is 11.9 Å². The quantitative estimate of drug-likeness (QED) is 0.632. The molecule has 0 spiro atoms. The zero-order valence-corrected chi connectivity index (χ0v) is 18.9. The average molecular weight is 433 g/mol. The van der Waals surface area contributed by atoms with Crippen LogP contribution in [-0.2, 0) is 23.9 Å². The fourth-order valence-corrected chi connectivity index (χ4v) is 8.11. The molecule has 4 aliphatic rings. The molecule has 0 heterocycles. The van der Waals surface area contributed by atoms with Gasteiger partial charge in [0.15, 0.2) is 5.78 Å². The summed E-state index contributed by atoms with van der Waals surface area (Å²) in [5, 5.41) is 8.68. The Morgan fingerprint density at radius 2 is 1.71 bits per heavy atom. The molecule has 31 heavy (non-hydrogen) atoms. The van der Waals surface area contributed by atoms with Crippen molar-refractivity contribution in [1.29, 1.82) is 0 Å². The minimum atomic E-state index is -1.04. The van der Waals surface area contributed by atoms with Gasteiger partial charge in [-0.1, -0.05) is 13.8 Å². The minimum absolute atomic E-state index is 0.00437. The van der Waals surface area contributed by atoms with Gasteiger partial charge in [0.1, 0.15) is 12.4 Å². The number of esters is 1. The monoisotopic (exact) mass is 432 g/mol. The second-order valence-electron chi connectivity index (χ2n) is 11.1. The lowest BCUT2D eigenvalue weighted by Gasteiger charge is -2.60. The van der Waals surface area contributed by atoms with Gasteiger partial charge in [0.25, 0.3) is 0 Å². The van der Waals surface area contributed by atoms with Gasteiger partial charge in [0.2, 0.25) is 0 Å². The maximum atomic E-state index is 13.0. The molecule has 0 aliphatic heterocycles. The van der Waals surface area contributed by atoms with Crippen molar-refractivity contribution in [3.05, 3.63) is 0 Å². The summed E-state index contributed by atoms with van der Waals surface area (Å²) in [7, 11) is 0. The predicted molar refractivity (Wildman–Crippen MR) is 113 cm³/mol. The molecule has 1 N–H and O–H groups in total. The summed E-state index contributed by atoms with van der Waals surface area (Å²) in [4.78, 5) is 47.4. The second kappa shape index (κ2) is 8.32. The summed E-state index contributed by atoms with van der Waals surface area (Å²) in [6.45, 7) is 4.47. The van der Waals surface area contributed by atoms with Crippen molar-refractivity contribution in [2.45, 2.75) is 84.5 Å². The van der Waals surface area contributed by atoms with E-state index < -0.39 is 11.9 Å². The van der Waals surface area contributed by atoms with E-state index in [4.69, 9.17) is 9.84 Å². The zero-order chi connectivity index (χ0) is 22.4. The van der Waals surface area contributed by atoms with E-state index in [2.05, 4.69) is 13.8 Å². The molecule has 0 aromatic carbocycles. The fraction of sp³-hybridized carbons (Fsp3) is 0.840. The van der Waals surface area contributed by atoms with Crippen molar-refractivity contribution in [1.82, 2.24) is 0 Å². The van der Waals surface area contributed by atoms with Crippen LogP contribution in [0.1, 0.15) is 84.5 Å². The lowest BCUT2D eigenvalue weighted by molar-refractivity contribution is -0.154. The molecule has 6 nitrogen and oxygen atoms in total. The zero-order valence-electron chi connectivity index (χ0n) is 18.9. The third kappa shape index (κ3) is 3.95. The summed E-state index contributed by atoms with van der Waals surface area (Å²) in [6, 6.07) is 0. The van der Waals surface area contributed by atoms with Crippen LogP contribution in [0.2, 0.25) is 0 Å². The first-order chi connectivity index (χ1) is 14.6. The number of rotatable bonds is 6. The molecule has 0 amide bonds. The van der Waals surface area contributed by atoms with Crippen molar-refractivity contribution >= 4 is 23.5 Å². The fourth-order valence-electron chi connectivity index (χ4n) is 8.11. The van der Waals surface area contributed by atoms with E-state index in [1.54, 1.807) is 0 Å². The number of ether oxygens (including phenoxy) is 1. The molecule has 4 rings (SSSR count). The number of Topliss-reactive ketones (excluding diaryl/α,β-unsaturated/α-hetero) is 2. The number of fused-ring (bicyclic) bond motifs is 5. The van der Waals surface area contributed by atoms with Crippen LogP contribution in [0.3, 0.4) is 0 Å². The molecule has 4 fully saturated rings. The van der Waals surface area contributed by atoms with Gasteiger partial charge in [-0.2, -0.15) is 0 Å². The van der Waals surface area contributed by atoms with Crippen LogP contribution in [0.25, 0.3) is 0 Å². The standard InChI is InChI=1S/C25H36O6/c1-24-11-9-16(26)13-15(24)3-4-17-18-5-6-20(25(18,2)12-10-19(17)24)21(27)14-31-23(30)8-7-22(28)29/h15,17-20H,3-14H2,1-2H3,(H,28,29)/t15-,17+,18+,19+,20-,24+,25+/m0/s1. The number of carboxylic acids is 1. The smallest absolute Gasteiger partial charge is 0.306 e. The summed E-state index contributed by atoms with van der Waals surface area (Å²) in [6.07, 6.45) is 8.41. The van der Waals surface area contributed by atoms with E-state index in [0.29, 0.717) is 29.5 Å². The highest BCUT2D eigenvalue weighted by Crippen LogP contribution is 2.67. The van der Waals surface area contributed by atoms with E-state index in [0.717, 1.165) is 51.4 Å². The van der Waals surface area contributed by atoms with E-state index in [9.17, 15) is 19.2 Å². The molecule has 7 atom stereocenters. The maximum Gasteiger partial charge on any atom is 0.306 e. The summed E-state index contributed by atoms with van der Waals surface area (Å²) >= 11 is 0.